The largest absolute Gasteiger partial charge is 1.00 e. The van der Waals surface area contributed by atoms with Crippen LogP contribution in [-0.2, 0) is 0 Å². The van der Waals surface area contributed by atoms with Gasteiger partial charge in [0.1, 0.15) is 5.69 Å². The Morgan fingerprint density at radius 2 is 2.13 bits per heavy atom. The molecule has 1 aromatic heterocycles. The SMILES string of the molecule is COc1cc(C(F)F)c(C(=O)[O-])nn1.[Na+]. The van der Waals surface area contributed by atoms with E-state index in [0.717, 1.165) is 6.07 Å². The minimum Gasteiger partial charge on any atom is -0.543 e. The van der Waals surface area contributed by atoms with Gasteiger partial charge < -0.3 is 14.6 Å². The third-order valence-corrected chi connectivity index (χ3v) is 1.44. The summed E-state index contributed by atoms with van der Waals surface area (Å²) in [6.07, 6.45) is -2.97. The van der Waals surface area contributed by atoms with Crippen LogP contribution in [0.5, 0.6) is 5.88 Å². The molecule has 0 saturated heterocycles. The number of alkyl halides is 2. The van der Waals surface area contributed by atoms with Crippen LogP contribution < -0.4 is 39.4 Å². The number of carbonyl (C=O) groups is 1. The van der Waals surface area contributed by atoms with Crippen molar-refractivity contribution in [3.05, 3.63) is 17.3 Å². The molecule has 0 amide bonds. The molecule has 1 rings (SSSR count). The predicted molar refractivity (Wildman–Crippen MR) is 37.9 cm³/mol. The molecule has 0 spiro atoms. The van der Waals surface area contributed by atoms with Gasteiger partial charge in [-0.15, -0.1) is 10.2 Å². The smallest absolute Gasteiger partial charge is 0.543 e. The van der Waals surface area contributed by atoms with Gasteiger partial charge in [-0.1, -0.05) is 0 Å². The third-order valence-electron chi connectivity index (χ3n) is 1.44. The van der Waals surface area contributed by atoms with E-state index >= 15 is 0 Å². The second-order valence-corrected chi connectivity index (χ2v) is 2.28. The fourth-order valence-corrected chi connectivity index (χ4v) is 0.812. The zero-order valence-electron chi connectivity index (χ0n) is 8.03. The number of aromatic nitrogens is 2. The van der Waals surface area contributed by atoms with Gasteiger partial charge in [-0.3, -0.25) is 0 Å². The molecule has 1 heterocycles. The quantitative estimate of drug-likeness (QED) is 0.507. The van der Waals surface area contributed by atoms with Gasteiger partial charge in [0.2, 0.25) is 5.88 Å². The first-order valence-electron chi connectivity index (χ1n) is 3.47. The van der Waals surface area contributed by atoms with Crippen molar-refractivity contribution in [3.63, 3.8) is 0 Å². The van der Waals surface area contributed by atoms with Gasteiger partial charge in [0.05, 0.1) is 18.6 Å². The Morgan fingerprint density at radius 3 is 2.53 bits per heavy atom. The fourth-order valence-electron chi connectivity index (χ4n) is 0.812. The molecule has 15 heavy (non-hydrogen) atoms. The molecular formula is C7H5F2N2NaO3. The maximum atomic E-state index is 12.3. The van der Waals surface area contributed by atoms with Crippen molar-refractivity contribution >= 4 is 5.97 Å². The van der Waals surface area contributed by atoms with E-state index in [9.17, 15) is 18.7 Å². The van der Waals surface area contributed by atoms with Crippen LogP contribution in [-0.4, -0.2) is 23.3 Å². The topological polar surface area (TPSA) is 75.1 Å². The summed E-state index contributed by atoms with van der Waals surface area (Å²) in [6.45, 7) is 0. The van der Waals surface area contributed by atoms with Crippen LogP contribution in [0.3, 0.4) is 0 Å². The second kappa shape index (κ2) is 5.94. The van der Waals surface area contributed by atoms with Crippen LogP contribution >= 0.6 is 0 Å². The first kappa shape index (κ1) is 14.2. The van der Waals surface area contributed by atoms with E-state index in [1.54, 1.807) is 0 Å². The first-order chi connectivity index (χ1) is 6.56. The molecule has 5 nitrogen and oxygen atoms in total. The van der Waals surface area contributed by atoms with E-state index in [0.29, 0.717) is 0 Å². The Balaban J connectivity index is 0.00000196. The fraction of sp³-hybridized carbons (Fsp3) is 0.286. The number of nitrogens with zero attached hydrogens (tertiary/aromatic N) is 2. The van der Waals surface area contributed by atoms with Crippen molar-refractivity contribution in [1.82, 2.24) is 10.2 Å². The molecule has 0 aliphatic carbocycles. The molecule has 0 fully saturated rings. The monoisotopic (exact) mass is 226 g/mol. The molecule has 0 aromatic carbocycles. The zero-order chi connectivity index (χ0) is 10.7. The van der Waals surface area contributed by atoms with E-state index < -0.39 is 23.7 Å². The normalized spacial score (nSPS) is 9.60. The minimum atomic E-state index is -2.97. The molecule has 0 N–H and O–H groups in total. The first-order valence-corrected chi connectivity index (χ1v) is 3.47. The Bertz CT molecular complexity index is 362. The number of hydrogen-bond donors (Lipinski definition) is 0. The van der Waals surface area contributed by atoms with Gasteiger partial charge in [-0.2, -0.15) is 0 Å². The van der Waals surface area contributed by atoms with Crippen molar-refractivity contribution < 1.29 is 53.0 Å². The molecule has 0 saturated carbocycles. The second-order valence-electron chi connectivity index (χ2n) is 2.28. The molecule has 0 aliphatic heterocycles. The minimum absolute atomic E-state index is 0. The Hall–Kier alpha value is -0.790. The van der Waals surface area contributed by atoms with E-state index in [1.807, 2.05) is 0 Å². The molecule has 0 aliphatic rings. The summed E-state index contributed by atoms with van der Waals surface area (Å²) in [5.41, 5.74) is -1.64. The van der Waals surface area contributed by atoms with E-state index in [4.69, 9.17) is 0 Å². The predicted octanol–water partition coefficient (Wildman–Crippen LogP) is -3.21. The number of rotatable bonds is 3. The summed E-state index contributed by atoms with van der Waals surface area (Å²) < 4.78 is 29.1. The number of carboxylic acids is 1. The van der Waals surface area contributed by atoms with Gasteiger partial charge in [0, 0.05) is 6.07 Å². The Kier molecular flexibility index (Phi) is 5.63. The maximum Gasteiger partial charge on any atom is 1.00 e. The van der Waals surface area contributed by atoms with Crippen LogP contribution in [0.15, 0.2) is 6.07 Å². The summed E-state index contributed by atoms with van der Waals surface area (Å²) >= 11 is 0. The van der Waals surface area contributed by atoms with Gasteiger partial charge in [0.15, 0.2) is 0 Å². The average molecular weight is 226 g/mol. The summed E-state index contributed by atoms with van der Waals surface area (Å²) in [6, 6.07) is 0.808. The number of carboxylic acid groups (broad SMARTS) is 1. The van der Waals surface area contributed by atoms with E-state index in [2.05, 4.69) is 14.9 Å². The number of carbonyl (C=O) groups excluding carboxylic acids is 1. The molecule has 0 atom stereocenters. The van der Waals surface area contributed by atoms with Crippen molar-refractivity contribution in [2.24, 2.45) is 0 Å². The van der Waals surface area contributed by atoms with Crippen LogP contribution in [0.25, 0.3) is 0 Å². The molecule has 0 unspecified atom stereocenters. The van der Waals surface area contributed by atoms with Crippen LogP contribution in [0.4, 0.5) is 8.78 Å². The van der Waals surface area contributed by atoms with Crippen LogP contribution in [0.2, 0.25) is 0 Å². The maximum absolute atomic E-state index is 12.3. The summed E-state index contributed by atoms with van der Waals surface area (Å²) in [7, 11) is 1.21. The third kappa shape index (κ3) is 3.37. The Morgan fingerprint density at radius 1 is 1.53 bits per heavy atom. The van der Waals surface area contributed by atoms with Crippen molar-refractivity contribution in [3.8, 4) is 5.88 Å². The van der Waals surface area contributed by atoms with Gasteiger partial charge >= 0.3 is 29.6 Å². The summed E-state index contributed by atoms with van der Waals surface area (Å²) in [4.78, 5) is 10.3. The molecule has 8 heteroatoms. The number of ether oxygens (including phenoxy) is 1. The number of hydrogen-bond acceptors (Lipinski definition) is 5. The number of methoxy groups -OCH3 is 1. The van der Waals surface area contributed by atoms with Crippen molar-refractivity contribution in [1.29, 1.82) is 0 Å². The van der Waals surface area contributed by atoms with Crippen LogP contribution in [0, 0.1) is 0 Å². The van der Waals surface area contributed by atoms with Crippen molar-refractivity contribution in [2.75, 3.05) is 7.11 Å². The van der Waals surface area contributed by atoms with Crippen LogP contribution in [0.1, 0.15) is 22.5 Å². The zero-order valence-corrected chi connectivity index (χ0v) is 10.0. The van der Waals surface area contributed by atoms with E-state index in [1.165, 1.54) is 7.11 Å². The molecule has 0 radical (unpaired) electrons. The molecule has 0 bridgehead atoms. The standard InChI is InChI=1S/C7H6F2N2O3.Na/c1-14-4-2-3(6(8)9)5(7(12)13)11-10-4;/h2,6H,1H3,(H,12,13);/q;+1/p-1. The Labute approximate surface area is 106 Å². The molecule has 1 aromatic rings. The molecule has 76 valence electrons. The molecular weight excluding hydrogens is 221 g/mol. The van der Waals surface area contributed by atoms with Gasteiger partial charge in [-0.25, -0.2) is 8.78 Å². The van der Waals surface area contributed by atoms with Gasteiger partial charge in [-0.05, 0) is 0 Å². The average Bonchev–Trinajstić information content (AvgIpc) is 2.16. The summed E-state index contributed by atoms with van der Waals surface area (Å²) in [5, 5.41) is 16.6. The number of halogens is 2. The van der Waals surface area contributed by atoms with E-state index in [-0.39, 0.29) is 35.4 Å². The summed E-state index contributed by atoms with van der Waals surface area (Å²) in [5.74, 6) is -1.97. The number of aromatic carboxylic acids is 1. The van der Waals surface area contributed by atoms with Crippen molar-refractivity contribution in [2.45, 2.75) is 6.43 Å². The van der Waals surface area contributed by atoms with Gasteiger partial charge in [0.25, 0.3) is 6.43 Å².